The molecule has 0 unspecified atom stereocenters. The van der Waals surface area contributed by atoms with E-state index in [2.05, 4.69) is 9.71 Å². The summed E-state index contributed by atoms with van der Waals surface area (Å²) in [6.45, 7) is 0.366. The van der Waals surface area contributed by atoms with Crippen LogP contribution in [0.4, 0.5) is 0 Å². The first-order valence-corrected chi connectivity index (χ1v) is 9.13. The summed E-state index contributed by atoms with van der Waals surface area (Å²) in [6.07, 6.45) is 2.37. The zero-order valence-corrected chi connectivity index (χ0v) is 13.5. The molecule has 118 valence electrons. The molecule has 0 aliphatic heterocycles. The van der Waals surface area contributed by atoms with Gasteiger partial charge in [0.2, 0.25) is 10.0 Å². The molecular weight excluding hydrogens is 308 g/mol. The summed E-state index contributed by atoms with van der Waals surface area (Å²) in [6, 6.07) is 19.0. The molecule has 0 bridgehead atoms. The second-order valence-corrected chi connectivity index (χ2v) is 7.19. The lowest BCUT2D eigenvalue weighted by molar-refractivity contribution is 0.581. The number of pyridine rings is 1. The van der Waals surface area contributed by atoms with E-state index >= 15 is 0 Å². The Morgan fingerprint density at radius 3 is 2.52 bits per heavy atom. The minimum Gasteiger partial charge on any atom is -0.256 e. The largest absolute Gasteiger partial charge is 0.256 e. The van der Waals surface area contributed by atoms with Gasteiger partial charge in [0, 0.05) is 18.1 Å². The van der Waals surface area contributed by atoms with Gasteiger partial charge in [-0.25, -0.2) is 13.1 Å². The van der Waals surface area contributed by atoms with Crippen molar-refractivity contribution in [2.45, 2.75) is 12.2 Å². The smallest absolute Gasteiger partial charge is 0.215 e. The monoisotopic (exact) mass is 326 g/mol. The molecule has 2 aromatic carbocycles. The first-order chi connectivity index (χ1) is 11.1. The van der Waals surface area contributed by atoms with Crippen LogP contribution in [0.1, 0.15) is 11.1 Å². The van der Waals surface area contributed by atoms with Gasteiger partial charge in [0.15, 0.2) is 0 Å². The zero-order valence-electron chi connectivity index (χ0n) is 12.6. The second-order valence-electron chi connectivity index (χ2n) is 5.38. The fraction of sp³-hybridized carbons (Fsp3) is 0.167. The molecule has 3 rings (SSSR count). The van der Waals surface area contributed by atoms with Crippen molar-refractivity contribution >= 4 is 20.9 Å². The number of aromatic nitrogens is 1. The van der Waals surface area contributed by atoms with Crippen molar-refractivity contribution in [3.63, 3.8) is 0 Å². The van der Waals surface area contributed by atoms with Crippen LogP contribution in [0.15, 0.2) is 66.9 Å². The fourth-order valence-electron chi connectivity index (χ4n) is 2.56. The third-order valence-corrected chi connectivity index (χ3v) is 4.99. The Balaban J connectivity index is 1.64. The van der Waals surface area contributed by atoms with E-state index < -0.39 is 10.0 Å². The molecule has 0 radical (unpaired) electrons. The van der Waals surface area contributed by atoms with Crippen molar-refractivity contribution in [3.05, 3.63) is 78.0 Å². The first kappa shape index (κ1) is 15.6. The van der Waals surface area contributed by atoms with Crippen molar-refractivity contribution in [1.29, 1.82) is 0 Å². The summed E-state index contributed by atoms with van der Waals surface area (Å²) in [7, 11) is -3.33. The van der Waals surface area contributed by atoms with Crippen molar-refractivity contribution in [1.82, 2.24) is 9.71 Å². The molecule has 0 amide bonds. The third-order valence-electron chi connectivity index (χ3n) is 3.63. The average molecular weight is 326 g/mol. The Hall–Kier alpha value is -2.24. The predicted molar refractivity (Wildman–Crippen MR) is 92.5 cm³/mol. The molecule has 0 aliphatic rings. The van der Waals surface area contributed by atoms with Crippen LogP contribution < -0.4 is 4.72 Å². The summed E-state index contributed by atoms with van der Waals surface area (Å²) in [5.41, 5.74) is 2.76. The number of sulfonamides is 1. The SMILES string of the molecule is O=S(=O)(Cc1ccccc1)NCCc1cccc2cccnc12. The van der Waals surface area contributed by atoms with E-state index in [-0.39, 0.29) is 5.75 Å². The predicted octanol–water partition coefficient (Wildman–Crippen LogP) is 2.90. The molecule has 1 heterocycles. The lowest BCUT2D eigenvalue weighted by atomic mass is 10.1. The van der Waals surface area contributed by atoms with E-state index in [4.69, 9.17) is 0 Å². The Morgan fingerprint density at radius 1 is 0.913 bits per heavy atom. The molecule has 4 nitrogen and oxygen atoms in total. The van der Waals surface area contributed by atoms with Crippen LogP contribution in [0.3, 0.4) is 0 Å². The Labute approximate surface area is 136 Å². The van der Waals surface area contributed by atoms with Gasteiger partial charge in [0.1, 0.15) is 0 Å². The maximum absolute atomic E-state index is 12.1. The fourth-order valence-corrected chi connectivity index (χ4v) is 3.70. The van der Waals surface area contributed by atoms with E-state index in [0.717, 1.165) is 22.0 Å². The van der Waals surface area contributed by atoms with Crippen molar-refractivity contribution in [2.75, 3.05) is 6.54 Å². The van der Waals surface area contributed by atoms with Gasteiger partial charge in [-0.3, -0.25) is 4.98 Å². The number of nitrogens with one attached hydrogen (secondary N) is 1. The van der Waals surface area contributed by atoms with Crippen LogP contribution in [-0.2, 0) is 22.2 Å². The first-order valence-electron chi connectivity index (χ1n) is 7.48. The van der Waals surface area contributed by atoms with E-state index in [9.17, 15) is 8.42 Å². The number of para-hydroxylation sites is 1. The number of hydrogen-bond acceptors (Lipinski definition) is 3. The standard InChI is InChI=1S/C18H18N2O2S/c21-23(22,14-15-6-2-1-3-7-15)20-13-11-17-9-4-8-16-10-5-12-19-18(16)17/h1-10,12,20H,11,13-14H2. The van der Waals surface area contributed by atoms with E-state index in [0.29, 0.717) is 13.0 Å². The highest BCUT2D eigenvalue weighted by Crippen LogP contribution is 2.16. The number of fused-ring (bicyclic) bond motifs is 1. The maximum Gasteiger partial charge on any atom is 0.215 e. The Bertz CT molecular complexity index is 888. The van der Waals surface area contributed by atoms with Gasteiger partial charge in [-0.05, 0) is 23.6 Å². The summed E-state index contributed by atoms with van der Waals surface area (Å²) >= 11 is 0. The molecule has 0 saturated carbocycles. The third kappa shape index (κ3) is 4.15. The molecule has 1 N–H and O–H groups in total. The van der Waals surface area contributed by atoms with Crippen LogP contribution in [0.25, 0.3) is 10.9 Å². The minimum absolute atomic E-state index is 0.00161. The normalized spacial score (nSPS) is 11.7. The molecule has 0 fully saturated rings. The highest BCUT2D eigenvalue weighted by Gasteiger charge is 2.11. The van der Waals surface area contributed by atoms with Crippen molar-refractivity contribution < 1.29 is 8.42 Å². The Morgan fingerprint density at radius 2 is 1.70 bits per heavy atom. The van der Waals surface area contributed by atoms with Gasteiger partial charge in [0.05, 0.1) is 11.3 Å². The van der Waals surface area contributed by atoms with Gasteiger partial charge in [0.25, 0.3) is 0 Å². The Kier molecular flexibility index (Phi) is 4.69. The van der Waals surface area contributed by atoms with E-state index in [1.165, 1.54) is 0 Å². The summed E-state index contributed by atoms with van der Waals surface area (Å²) in [5.74, 6) is 0.00161. The molecule has 0 aliphatic carbocycles. The molecule has 0 saturated heterocycles. The van der Waals surface area contributed by atoms with Gasteiger partial charge < -0.3 is 0 Å². The average Bonchev–Trinajstić information content (AvgIpc) is 2.55. The molecule has 0 atom stereocenters. The van der Waals surface area contributed by atoms with Gasteiger partial charge in [-0.15, -0.1) is 0 Å². The lowest BCUT2D eigenvalue weighted by Gasteiger charge is -2.08. The topological polar surface area (TPSA) is 59.1 Å². The molecule has 23 heavy (non-hydrogen) atoms. The highest BCUT2D eigenvalue weighted by molar-refractivity contribution is 7.88. The van der Waals surface area contributed by atoms with Crippen LogP contribution >= 0.6 is 0 Å². The second kappa shape index (κ2) is 6.89. The molecule has 0 spiro atoms. The van der Waals surface area contributed by atoms with Crippen LogP contribution in [0.2, 0.25) is 0 Å². The lowest BCUT2D eigenvalue weighted by Crippen LogP contribution is -2.27. The molecule has 5 heteroatoms. The summed E-state index contributed by atoms with van der Waals surface area (Å²) in [5, 5.41) is 1.07. The van der Waals surface area contributed by atoms with Crippen molar-refractivity contribution in [2.24, 2.45) is 0 Å². The van der Waals surface area contributed by atoms with Crippen LogP contribution in [0.5, 0.6) is 0 Å². The number of nitrogens with zero attached hydrogens (tertiary/aromatic N) is 1. The van der Waals surface area contributed by atoms with Gasteiger partial charge in [-0.1, -0.05) is 54.6 Å². The number of rotatable bonds is 6. The molecule has 1 aromatic heterocycles. The van der Waals surface area contributed by atoms with Crippen LogP contribution in [0, 0.1) is 0 Å². The van der Waals surface area contributed by atoms with Crippen LogP contribution in [-0.4, -0.2) is 19.9 Å². The molecule has 3 aromatic rings. The number of benzene rings is 2. The quantitative estimate of drug-likeness (QED) is 0.758. The summed E-state index contributed by atoms with van der Waals surface area (Å²) in [4.78, 5) is 4.39. The highest BCUT2D eigenvalue weighted by atomic mass is 32.2. The maximum atomic E-state index is 12.1. The summed E-state index contributed by atoms with van der Waals surface area (Å²) < 4.78 is 26.9. The molecular formula is C18H18N2O2S. The zero-order chi connectivity index (χ0) is 16.1. The van der Waals surface area contributed by atoms with Crippen molar-refractivity contribution in [3.8, 4) is 0 Å². The van der Waals surface area contributed by atoms with Gasteiger partial charge >= 0.3 is 0 Å². The number of hydrogen-bond donors (Lipinski definition) is 1. The van der Waals surface area contributed by atoms with E-state index in [1.807, 2.05) is 60.7 Å². The van der Waals surface area contributed by atoms with E-state index in [1.54, 1.807) is 6.20 Å². The van der Waals surface area contributed by atoms with Gasteiger partial charge in [-0.2, -0.15) is 0 Å². The minimum atomic E-state index is -3.33.